The third-order valence-corrected chi connectivity index (χ3v) is 3.93. The molecule has 0 aliphatic carbocycles. The Bertz CT molecular complexity index is 654. The number of urea groups is 1. The van der Waals surface area contributed by atoms with Gasteiger partial charge < -0.3 is 14.7 Å². The van der Waals surface area contributed by atoms with E-state index >= 15 is 0 Å². The van der Waals surface area contributed by atoms with Crippen molar-refractivity contribution in [1.82, 2.24) is 20.4 Å². The molecule has 1 aromatic heterocycles. The number of carbonyl (C=O) groups is 1. The molecule has 1 aliphatic heterocycles. The van der Waals surface area contributed by atoms with Gasteiger partial charge in [-0.15, -0.1) is 0 Å². The van der Waals surface area contributed by atoms with Crippen LogP contribution in [0.3, 0.4) is 0 Å². The van der Waals surface area contributed by atoms with Crippen LogP contribution in [0.5, 0.6) is 0 Å². The predicted octanol–water partition coefficient (Wildman–Crippen LogP) is 3.38. The van der Waals surface area contributed by atoms with E-state index in [-0.39, 0.29) is 18.1 Å². The van der Waals surface area contributed by atoms with Crippen LogP contribution in [-0.2, 0) is 0 Å². The second-order valence-electron chi connectivity index (χ2n) is 6.13. The Hall–Kier alpha value is -2.37. The molecule has 0 spiro atoms. The molecule has 1 saturated heterocycles. The van der Waals surface area contributed by atoms with Gasteiger partial charge in [-0.2, -0.15) is 4.98 Å². The molecule has 23 heavy (non-hydrogen) atoms. The number of carbonyl (C=O) groups excluding carboxylic acids is 1. The minimum Gasteiger partial charge on any atom is -0.337 e. The number of benzene rings is 1. The summed E-state index contributed by atoms with van der Waals surface area (Å²) in [4.78, 5) is 18.7. The maximum atomic E-state index is 12.4. The molecule has 0 bridgehead atoms. The summed E-state index contributed by atoms with van der Waals surface area (Å²) in [6, 6.07) is 9.60. The molecule has 6 nitrogen and oxygen atoms in total. The molecule has 0 radical (unpaired) electrons. The first-order valence-electron chi connectivity index (χ1n) is 8.11. The topological polar surface area (TPSA) is 71.3 Å². The van der Waals surface area contributed by atoms with Crippen molar-refractivity contribution in [2.75, 3.05) is 6.54 Å². The number of hydrogen-bond acceptors (Lipinski definition) is 4. The number of hydrogen-bond donors (Lipinski definition) is 1. The quantitative estimate of drug-likeness (QED) is 0.942. The first kappa shape index (κ1) is 15.5. The van der Waals surface area contributed by atoms with Crippen LogP contribution in [0.4, 0.5) is 4.79 Å². The molecule has 1 aliphatic rings. The highest BCUT2D eigenvalue weighted by atomic mass is 16.5. The fourth-order valence-electron chi connectivity index (χ4n) is 2.84. The van der Waals surface area contributed by atoms with Crippen molar-refractivity contribution >= 4 is 6.03 Å². The van der Waals surface area contributed by atoms with Gasteiger partial charge in [0.15, 0.2) is 0 Å². The molecule has 1 fully saturated rings. The fraction of sp³-hybridized carbons (Fsp3) is 0.471. The highest BCUT2D eigenvalue weighted by Gasteiger charge is 2.32. The molecule has 122 valence electrons. The smallest absolute Gasteiger partial charge is 0.318 e. The second kappa shape index (κ2) is 6.81. The summed E-state index contributed by atoms with van der Waals surface area (Å²) in [5, 5.41) is 7.02. The summed E-state index contributed by atoms with van der Waals surface area (Å²) in [6.07, 6.45) is 2.91. The molecule has 1 atom stereocenters. The van der Waals surface area contributed by atoms with E-state index < -0.39 is 0 Å². The number of amides is 2. The lowest BCUT2D eigenvalue weighted by Gasteiger charge is -2.33. The molecule has 1 aromatic carbocycles. The molecule has 2 aromatic rings. The van der Waals surface area contributed by atoms with Gasteiger partial charge >= 0.3 is 6.03 Å². The van der Waals surface area contributed by atoms with E-state index in [0.29, 0.717) is 18.3 Å². The third kappa shape index (κ3) is 3.52. The van der Waals surface area contributed by atoms with Crippen LogP contribution in [0.15, 0.2) is 34.9 Å². The summed E-state index contributed by atoms with van der Waals surface area (Å²) in [5.41, 5.74) is 0.913. The summed E-state index contributed by atoms with van der Waals surface area (Å²) >= 11 is 0. The van der Waals surface area contributed by atoms with E-state index in [2.05, 4.69) is 15.5 Å². The number of likely N-dealkylation sites (tertiary alicyclic amines) is 1. The van der Waals surface area contributed by atoms with Crippen molar-refractivity contribution in [2.24, 2.45) is 0 Å². The molecular weight excluding hydrogens is 292 g/mol. The second-order valence-corrected chi connectivity index (χ2v) is 6.13. The monoisotopic (exact) mass is 314 g/mol. The molecule has 3 rings (SSSR count). The Morgan fingerprint density at radius 3 is 2.83 bits per heavy atom. The number of nitrogens with one attached hydrogen (secondary N) is 1. The van der Waals surface area contributed by atoms with Crippen molar-refractivity contribution in [3.8, 4) is 11.4 Å². The Morgan fingerprint density at radius 2 is 2.09 bits per heavy atom. The standard InChI is InChI=1S/C17H22N4O2/c1-12(2)18-17(22)21-11-7-6-10-14(21)16-19-15(20-23-16)13-8-4-3-5-9-13/h3-5,8-9,12,14H,6-7,10-11H2,1-2H3,(H,18,22)/t14-/m1/s1. The van der Waals surface area contributed by atoms with Crippen LogP contribution in [0.25, 0.3) is 11.4 Å². The average molecular weight is 314 g/mol. The molecule has 2 amide bonds. The van der Waals surface area contributed by atoms with Crippen LogP contribution >= 0.6 is 0 Å². The van der Waals surface area contributed by atoms with Crippen molar-refractivity contribution < 1.29 is 9.32 Å². The van der Waals surface area contributed by atoms with E-state index in [0.717, 1.165) is 24.8 Å². The lowest BCUT2D eigenvalue weighted by atomic mass is 10.0. The molecule has 1 N–H and O–H groups in total. The average Bonchev–Trinajstić information content (AvgIpc) is 3.05. The minimum atomic E-state index is -0.146. The van der Waals surface area contributed by atoms with Gasteiger partial charge in [0.2, 0.25) is 11.7 Å². The summed E-state index contributed by atoms with van der Waals surface area (Å²) < 4.78 is 5.46. The molecular formula is C17H22N4O2. The lowest BCUT2D eigenvalue weighted by Crippen LogP contribution is -2.46. The first-order chi connectivity index (χ1) is 11.1. The van der Waals surface area contributed by atoms with Gasteiger partial charge in [-0.1, -0.05) is 35.5 Å². The van der Waals surface area contributed by atoms with Crippen molar-refractivity contribution in [3.05, 3.63) is 36.2 Å². The Labute approximate surface area is 135 Å². The number of aromatic nitrogens is 2. The van der Waals surface area contributed by atoms with Gasteiger partial charge in [-0.3, -0.25) is 0 Å². The molecule has 2 heterocycles. The van der Waals surface area contributed by atoms with Gasteiger partial charge in [-0.25, -0.2) is 4.79 Å². The van der Waals surface area contributed by atoms with Crippen molar-refractivity contribution in [1.29, 1.82) is 0 Å². The summed E-state index contributed by atoms with van der Waals surface area (Å²) in [5.74, 6) is 1.08. The minimum absolute atomic E-state index is 0.0656. The maximum Gasteiger partial charge on any atom is 0.318 e. The number of rotatable bonds is 3. The predicted molar refractivity (Wildman–Crippen MR) is 86.7 cm³/mol. The van der Waals surface area contributed by atoms with Gasteiger partial charge in [0.05, 0.1) is 0 Å². The van der Waals surface area contributed by atoms with Crippen molar-refractivity contribution in [3.63, 3.8) is 0 Å². The van der Waals surface area contributed by atoms with E-state index in [4.69, 9.17) is 4.52 Å². The van der Waals surface area contributed by atoms with Crippen molar-refractivity contribution in [2.45, 2.75) is 45.2 Å². The van der Waals surface area contributed by atoms with Crippen LogP contribution in [0, 0.1) is 0 Å². The molecule has 0 saturated carbocycles. The van der Waals surface area contributed by atoms with Crippen LogP contribution in [-0.4, -0.2) is 33.7 Å². The summed E-state index contributed by atoms with van der Waals surface area (Å²) in [6.45, 7) is 4.63. The maximum absolute atomic E-state index is 12.4. The highest BCUT2D eigenvalue weighted by Crippen LogP contribution is 2.31. The largest absolute Gasteiger partial charge is 0.337 e. The normalized spacial score (nSPS) is 18.2. The Kier molecular flexibility index (Phi) is 4.60. The molecule has 6 heteroatoms. The van der Waals surface area contributed by atoms with E-state index in [1.807, 2.05) is 49.1 Å². The summed E-state index contributed by atoms with van der Waals surface area (Å²) in [7, 11) is 0. The van der Waals surface area contributed by atoms with Gasteiger partial charge in [0, 0.05) is 18.2 Å². The zero-order chi connectivity index (χ0) is 16.2. The van der Waals surface area contributed by atoms with Crippen LogP contribution in [0.1, 0.15) is 45.0 Å². The fourth-order valence-corrected chi connectivity index (χ4v) is 2.84. The van der Waals surface area contributed by atoms with Gasteiger partial charge in [-0.05, 0) is 33.1 Å². The number of nitrogens with zero attached hydrogens (tertiary/aromatic N) is 3. The van der Waals surface area contributed by atoms with E-state index in [1.165, 1.54) is 0 Å². The zero-order valence-electron chi connectivity index (χ0n) is 13.5. The zero-order valence-corrected chi connectivity index (χ0v) is 13.5. The Balaban J connectivity index is 1.81. The Morgan fingerprint density at radius 1 is 1.30 bits per heavy atom. The molecule has 0 unspecified atom stereocenters. The highest BCUT2D eigenvalue weighted by molar-refractivity contribution is 5.75. The number of piperidine rings is 1. The van der Waals surface area contributed by atoms with E-state index in [9.17, 15) is 4.79 Å². The van der Waals surface area contributed by atoms with E-state index in [1.54, 1.807) is 0 Å². The lowest BCUT2D eigenvalue weighted by molar-refractivity contribution is 0.130. The van der Waals surface area contributed by atoms with Crippen LogP contribution < -0.4 is 5.32 Å². The van der Waals surface area contributed by atoms with Gasteiger partial charge in [0.25, 0.3) is 0 Å². The third-order valence-electron chi connectivity index (χ3n) is 3.93. The van der Waals surface area contributed by atoms with Gasteiger partial charge in [0.1, 0.15) is 6.04 Å². The van der Waals surface area contributed by atoms with Crippen LogP contribution in [0.2, 0.25) is 0 Å². The SMILES string of the molecule is CC(C)NC(=O)N1CCCC[C@@H]1c1nc(-c2ccccc2)no1. The first-order valence-corrected chi connectivity index (χ1v) is 8.11.